The summed E-state index contributed by atoms with van der Waals surface area (Å²) in [6, 6.07) is -1.80. The molecule has 4 aliphatic rings. The number of Topliss-reactive ketones (excluding diaryl/α,β-unsaturated/α-hetero) is 3. The van der Waals surface area contributed by atoms with Gasteiger partial charge in [0.1, 0.15) is 6.04 Å². The molecule has 2 bridgehead atoms. The van der Waals surface area contributed by atoms with Crippen molar-refractivity contribution >= 4 is 35.3 Å². The lowest BCUT2D eigenvalue weighted by atomic mass is 9.83. The number of nitrogens with zero attached hydrogens (tertiary/aromatic N) is 1. The second kappa shape index (κ2) is 14.4. The quantitative estimate of drug-likeness (QED) is 0.140. The Morgan fingerprint density at radius 2 is 1.78 bits per heavy atom. The molecule has 1 aliphatic heterocycles. The molecule has 8 atom stereocenters. The van der Waals surface area contributed by atoms with Crippen molar-refractivity contribution in [1.29, 1.82) is 0 Å². The molecule has 256 valence electrons. The van der Waals surface area contributed by atoms with Gasteiger partial charge < -0.3 is 20.3 Å². The number of ketones is 3. The SMILES string of the molecule is C=CCCC(CC(=O)[C@@H]1[C@@H]2[C@H](CN1C(=O)[C@@H](NC(=O)NC1CC3CCC1C3)C(C)(C)C)C2(C)C)C(=O)C(=O)CCCC(=O)OCC. The first-order chi connectivity index (χ1) is 21.6. The van der Waals surface area contributed by atoms with Crippen molar-refractivity contribution in [3.8, 4) is 0 Å². The van der Waals surface area contributed by atoms with Crippen molar-refractivity contribution in [2.75, 3.05) is 13.2 Å². The number of fused-ring (bicyclic) bond motifs is 3. The summed E-state index contributed by atoms with van der Waals surface area (Å²) in [5.74, 6) is -1.74. The van der Waals surface area contributed by atoms with E-state index in [0.29, 0.717) is 31.2 Å². The fraction of sp³-hybridized carbons (Fsp3) is 0.778. The van der Waals surface area contributed by atoms with E-state index in [1.54, 1.807) is 17.9 Å². The van der Waals surface area contributed by atoms with Crippen LogP contribution in [0.25, 0.3) is 0 Å². The number of carbonyl (C=O) groups excluding carboxylic acids is 6. The van der Waals surface area contributed by atoms with Gasteiger partial charge in [0.25, 0.3) is 0 Å². The number of rotatable bonds is 16. The third-order valence-electron chi connectivity index (χ3n) is 11.2. The first kappa shape index (κ1) is 35.8. The lowest BCUT2D eigenvalue weighted by molar-refractivity contribution is -0.145. The minimum atomic E-state index is -0.846. The average molecular weight is 642 g/mol. The van der Waals surface area contributed by atoms with Gasteiger partial charge in [0.05, 0.1) is 12.6 Å². The summed E-state index contributed by atoms with van der Waals surface area (Å²) < 4.78 is 4.90. The molecule has 3 aliphatic carbocycles. The largest absolute Gasteiger partial charge is 0.466 e. The third kappa shape index (κ3) is 7.91. The maximum atomic E-state index is 14.3. The first-order valence-electron chi connectivity index (χ1n) is 17.3. The Labute approximate surface area is 274 Å². The Kier molecular flexibility index (Phi) is 11.2. The van der Waals surface area contributed by atoms with Crippen LogP contribution in [0.2, 0.25) is 0 Å². The summed E-state index contributed by atoms with van der Waals surface area (Å²) in [6.07, 6.45) is 6.89. The zero-order valence-electron chi connectivity index (χ0n) is 28.7. The molecule has 0 aromatic heterocycles. The van der Waals surface area contributed by atoms with Crippen molar-refractivity contribution in [3.63, 3.8) is 0 Å². The van der Waals surface area contributed by atoms with Gasteiger partial charge in [-0.25, -0.2) is 4.79 Å². The Balaban J connectivity index is 1.46. The number of allylic oxidation sites excluding steroid dienone is 1. The van der Waals surface area contributed by atoms with Gasteiger partial charge in [-0.05, 0) is 80.0 Å². The highest BCUT2D eigenvalue weighted by Gasteiger charge is 2.69. The van der Waals surface area contributed by atoms with Gasteiger partial charge in [0.15, 0.2) is 11.6 Å². The van der Waals surface area contributed by atoms with Crippen molar-refractivity contribution < 1.29 is 33.5 Å². The zero-order chi connectivity index (χ0) is 34.0. The van der Waals surface area contributed by atoms with Gasteiger partial charge in [0.2, 0.25) is 11.7 Å². The van der Waals surface area contributed by atoms with E-state index >= 15 is 0 Å². The van der Waals surface area contributed by atoms with Crippen LogP contribution >= 0.6 is 0 Å². The molecule has 0 aromatic rings. The third-order valence-corrected chi connectivity index (χ3v) is 11.2. The van der Waals surface area contributed by atoms with E-state index in [9.17, 15) is 28.8 Å². The van der Waals surface area contributed by atoms with Crippen LogP contribution in [0.5, 0.6) is 0 Å². The fourth-order valence-electron chi connectivity index (χ4n) is 8.45. The van der Waals surface area contributed by atoms with Crippen LogP contribution in [-0.2, 0) is 28.7 Å². The van der Waals surface area contributed by atoms with E-state index in [0.717, 1.165) is 19.3 Å². The van der Waals surface area contributed by atoms with E-state index in [1.165, 1.54) is 6.42 Å². The molecule has 10 nitrogen and oxygen atoms in total. The molecule has 10 heteroatoms. The molecule has 0 spiro atoms. The first-order valence-corrected chi connectivity index (χ1v) is 17.3. The summed E-state index contributed by atoms with van der Waals surface area (Å²) >= 11 is 0. The standard InChI is InChI=1S/C36H55N3O7/c1-8-10-12-23(31(43)26(40)13-11-14-28(42)46-9-2)19-27(41)30-29-24(36(29,6)7)20-39(30)33(44)32(35(3,4)5)38-34(45)37-25-18-21-15-16-22(25)17-21/h8,21-25,29-30,32H,1,9-20H2,2-7H3,(H2,37,38,45)/t21?,22?,23?,24-,25?,29-,30+,32+/m0/s1. The van der Waals surface area contributed by atoms with Crippen LogP contribution in [0.15, 0.2) is 12.7 Å². The number of hydrogen-bond donors (Lipinski definition) is 2. The molecule has 0 radical (unpaired) electrons. The lowest BCUT2D eigenvalue weighted by Gasteiger charge is -2.38. The highest BCUT2D eigenvalue weighted by atomic mass is 16.5. The number of esters is 1. The molecule has 3 saturated carbocycles. The topological polar surface area (TPSA) is 139 Å². The van der Waals surface area contributed by atoms with E-state index in [4.69, 9.17) is 4.74 Å². The summed E-state index contributed by atoms with van der Waals surface area (Å²) in [4.78, 5) is 81.1. The molecular weight excluding hydrogens is 586 g/mol. The number of nitrogens with one attached hydrogen (secondary N) is 2. The number of carbonyl (C=O) groups is 6. The van der Waals surface area contributed by atoms with Crippen LogP contribution in [0.4, 0.5) is 4.79 Å². The Morgan fingerprint density at radius 1 is 1.07 bits per heavy atom. The van der Waals surface area contributed by atoms with Gasteiger partial charge in [-0.1, -0.05) is 47.1 Å². The molecule has 2 N–H and O–H groups in total. The monoisotopic (exact) mass is 641 g/mol. The molecule has 46 heavy (non-hydrogen) atoms. The zero-order valence-corrected chi connectivity index (χ0v) is 28.7. The minimum absolute atomic E-state index is 0.0448. The van der Waals surface area contributed by atoms with Crippen molar-refractivity contribution in [1.82, 2.24) is 15.5 Å². The van der Waals surface area contributed by atoms with Gasteiger partial charge >= 0.3 is 12.0 Å². The molecule has 0 aromatic carbocycles. The number of likely N-dealkylation sites (tertiary alicyclic amines) is 1. The smallest absolute Gasteiger partial charge is 0.315 e. The number of amides is 3. The maximum absolute atomic E-state index is 14.3. The number of piperidine rings is 1. The van der Waals surface area contributed by atoms with Crippen LogP contribution in [0.1, 0.15) is 106 Å². The molecule has 1 heterocycles. The predicted octanol–water partition coefficient (Wildman–Crippen LogP) is 4.79. The Bertz CT molecular complexity index is 1220. The molecular formula is C36H55N3O7. The van der Waals surface area contributed by atoms with E-state index in [2.05, 4.69) is 31.1 Å². The average Bonchev–Trinajstić information content (AvgIpc) is 3.49. The van der Waals surface area contributed by atoms with Gasteiger partial charge in [-0.2, -0.15) is 0 Å². The maximum Gasteiger partial charge on any atom is 0.315 e. The molecule has 4 fully saturated rings. The molecule has 4 unspecified atom stereocenters. The summed E-state index contributed by atoms with van der Waals surface area (Å²) in [5.41, 5.74) is -0.748. The predicted molar refractivity (Wildman–Crippen MR) is 173 cm³/mol. The Hall–Kier alpha value is -3.04. The number of urea groups is 1. The van der Waals surface area contributed by atoms with Crippen molar-refractivity contribution in [2.45, 2.75) is 124 Å². The molecule has 3 amide bonds. The fourth-order valence-corrected chi connectivity index (χ4v) is 8.45. The number of hydrogen-bond acceptors (Lipinski definition) is 7. The van der Waals surface area contributed by atoms with Crippen LogP contribution < -0.4 is 10.6 Å². The van der Waals surface area contributed by atoms with Gasteiger partial charge in [-0.3, -0.25) is 24.0 Å². The van der Waals surface area contributed by atoms with Crippen molar-refractivity contribution in [2.24, 2.45) is 40.4 Å². The van der Waals surface area contributed by atoms with Crippen LogP contribution in [-0.4, -0.2) is 71.4 Å². The number of ether oxygens (including phenoxy) is 1. The summed E-state index contributed by atoms with van der Waals surface area (Å²) in [6.45, 7) is 16.0. The second-order valence-electron chi connectivity index (χ2n) is 15.8. The Morgan fingerprint density at radius 3 is 2.37 bits per heavy atom. The summed E-state index contributed by atoms with van der Waals surface area (Å²) in [7, 11) is 0. The van der Waals surface area contributed by atoms with Crippen LogP contribution in [0, 0.1) is 40.4 Å². The van der Waals surface area contributed by atoms with E-state index in [-0.39, 0.29) is 73.3 Å². The minimum Gasteiger partial charge on any atom is -0.466 e. The normalized spacial score (nSPS) is 28.5. The van der Waals surface area contributed by atoms with E-state index in [1.807, 2.05) is 20.8 Å². The van der Waals surface area contributed by atoms with Gasteiger partial charge in [0, 0.05) is 37.8 Å². The molecule has 1 saturated heterocycles. The van der Waals surface area contributed by atoms with Crippen LogP contribution in [0.3, 0.4) is 0 Å². The highest BCUT2D eigenvalue weighted by Crippen LogP contribution is 2.65. The lowest BCUT2D eigenvalue weighted by Crippen LogP contribution is -2.60. The van der Waals surface area contributed by atoms with Crippen molar-refractivity contribution in [3.05, 3.63) is 12.7 Å². The summed E-state index contributed by atoms with van der Waals surface area (Å²) in [5, 5.41) is 6.10. The molecule has 4 rings (SSSR count). The second-order valence-corrected chi connectivity index (χ2v) is 15.8. The highest BCUT2D eigenvalue weighted by molar-refractivity contribution is 6.38. The van der Waals surface area contributed by atoms with E-state index < -0.39 is 41.0 Å². The van der Waals surface area contributed by atoms with Gasteiger partial charge in [-0.15, -0.1) is 6.58 Å².